The van der Waals surface area contributed by atoms with Crippen molar-refractivity contribution in [1.82, 2.24) is 0 Å². The number of rotatable bonds is 4. The van der Waals surface area contributed by atoms with E-state index in [1.54, 1.807) is 30.3 Å². The summed E-state index contributed by atoms with van der Waals surface area (Å²) in [6, 6.07) is 14.1. The number of hydrogen-bond donors (Lipinski definition) is 2. The highest BCUT2D eigenvalue weighted by atomic mass is 32.2. The zero-order chi connectivity index (χ0) is 23.3. The summed E-state index contributed by atoms with van der Waals surface area (Å²) in [6.45, 7) is 0. The lowest BCUT2D eigenvalue weighted by molar-refractivity contribution is -0.274. The van der Waals surface area contributed by atoms with E-state index in [1.807, 2.05) is 12.1 Å². The van der Waals surface area contributed by atoms with Crippen LogP contribution >= 0.6 is 0 Å². The third-order valence-electron chi connectivity index (χ3n) is 4.67. The molecule has 4 aromatic rings. The number of nitrogens with zero attached hydrogens (tertiary/aromatic N) is 2. The molecule has 0 aromatic heterocycles. The lowest BCUT2D eigenvalue weighted by atomic mass is 10.1. The maximum Gasteiger partial charge on any atom is 0.296 e. The number of fused-ring (bicyclic) bond motifs is 2. The smallest absolute Gasteiger partial charge is 0.296 e. The van der Waals surface area contributed by atoms with Crippen LogP contribution in [0.1, 0.15) is 0 Å². The van der Waals surface area contributed by atoms with Crippen molar-refractivity contribution < 1.29 is 36.2 Å². The Kier molecular flexibility index (Phi) is 5.09. The van der Waals surface area contributed by atoms with Gasteiger partial charge in [-0.05, 0) is 40.4 Å². The van der Waals surface area contributed by atoms with Crippen LogP contribution in [0.25, 0.3) is 21.5 Å². The summed E-state index contributed by atoms with van der Waals surface area (Å²) in [6.07, 6.45) is 0. The molecule has 0 bridgehead atoms. The lowest BCUT2D eigenvalue weighted by Crippen LogP contribution is -2.06. The number of azo groups is 1. The SMILES string of the molecule is O=S(=O)(O)c1cc([O-])c2c([O-])c(N=Nc3cccc4ccccc34)c(S(=O)(=O)O)cc2c1. The van der Waals surface area contributed by atoms with Gasteiger partial charge in [-0.1, -0.05) is 42.1 Å². The van der Waals surface area contributed by atoms with Gasteiger partial charge in [0, 0.05) is 5.39 Å². The first-order valence-corrected chi connectivity index (χ1v) is 11.7. The highest BCUT2D eigenvalue weighted by Crippen LogP contribution is 2.43. The van der Waals surface area contributed by atoms with Crippen molar-refractivity contribution in [3.05, 3.63) is 60.7 Å². The van der Waals surface area contributed by atoms with Crippen molar-refractivity contribution in [2.75, 3.05) is 0 Å². The maximum absolute atomic E-state index is 12.9. The van der Waals surface area contributed by atoms with Gasteiger partial charge in [0.25, 0.3) is 20.2 Å². The van der Waals surface area contributed by atoms with E-state index >= 15 is 0 Å². The van der Waals surface area contributed by atoms with Gasteiger partial charge in [-0.3, -0.25) is 9.11 Å². The van der Waals surface area contributed by atoms with E-state index in [4.69, 9.17) is 0 Å². The Morgan fingerprint density at radius 3 is 2.12 bits per heavy atom. The molecule has 4 rings (SSSR count). The van der Waals surface area contributed by atoms with Crippen LogP contribution in [0, 0.1) is 0 Å². The monoisotopic (exact) mass is 472 g/mol. The van der Waals surface area contributed by atoms with E-state index in [-0.39, 0.29) is 0 Å². The molecule has 0 aliphatic heterocycles. The van der Waals surface area contributed by atoms with E-state index in [2.05, 4.69) is 10.2 Å². The first kappa shape index (κ1) is 21.6. The van der Waals surface area contributed by atoms with Gasteiger partial charge in [0.2, 0.25) is 0 Å². The molecule has 0 atom stereocenters. The molecule has 2 N–H and O–H groups in total. The Balaban J connectivity index is 2.01. The van der Waals surface area contributed by atoms with Crippen LogP contribution in [0.4, 0.5) is 11.4 Å². The Morgan fingerprint density at radius 1 is 0.750 bits per heavy atom. The minimum absolute atomic E-state index is 0.299. The molecular formula is C20H12N2O8S2-2. The van der Waals surface area contributed by atoms with Crippen LogP contribution in [-0.2, 0) is 20.2 Å². The molecule has 0 saturated heterocycles. The predicted molar refractivity (Wildman–Crippen MR) is 111 cm³/mol. The van der Waals surface area contributed by atoms with Crippen molar-refractivity contribution in [3.63, 3.8) is 0 Å². The quantitative estimate of drug-likeness (QED) is 0.336. The van der Waals surface area contributed by atoms with Gasteiger partial charge >= 0.3 is 0 Å². The molecule has 164 valence electrons. The molecule has 0 unspecified atom stereocenters. The fourth-order valence-corrected chi connectivity index (χ4v) is 4.43. The summed E-state index contributed by atoms with van der Waals surface area (Å²) in [5.41, 5.74) is -0.516. The Labute approximate surface area is 181 Å². The Hall–Kier alpha value is -3.58. The second-order valence-corrected chi connectivity index (χ2v) is 9.53. The van der Waals surface area contributed by atoms with Gasteiger partial charge in [-0.25, -0.2) is 0 Å². The second-order valence-electron chi connectivity index (χ2n) is 6.72. The first-order chi connectivity index (χ1) is 15.0. The van der Waals surface area contributed by atoms with E-state index in [1.165, 1.54) is 0 Å². The van der Waals surface area contributed by atoms with Crippen LogP contribution in [0.2, 0.25) is 0 Å². The van der Waals surface area contributed by atoms with Crippen LogP contribution in [0.3, 0.4) is 0 Å². The topological polar surface area (TPSA) is 180 Å². The standard InChI is InChI=1S/C20H14N2O8S2/c23-16-10-13(31(25,26)27)8-12-9-17(32(28,29)30)19(20(24)18(12)16)22-21-15-7-3-5-11-4-1-2-6-14(11)15/h1-10,23-24H,(H,25,26,27)(H,28,29,30)/p-2. The molecular weight excluding hydrogens is 460 g/mol. The molecule has 0 heterocycles. The molecule has 32 heavy (non-hydrogen) atoms. The zero-order valence-corrected chi connectivity index (χ0v) is 17.5. The zero-order valence-electron chi connectivity index (χ0n) is 15.8. The summed E-state index contributed by atoms with van der Waals surface area (Å²) in [5, 5.41) is 33.4. The summed E-state index contributed by atoms with van der Waals surface area (Å²) in [4.78, 5) is -1.80. The molecule has 10 nitrogen and oxygen atoms in total. The predicted octanol–water partition coefficient (Wildman–Crippen LogP) is 3.05. The fourth-order valence-electron chi connectivity index (χ4n) is 3.25. The molecule has 12 heteroatoms. The number of benzene rings is 4. The van der Waals surface area contributed by atoms with Crippen LogP contribution < -0.4 is 10.2 Å². The largest absolute Gasteiger partial charge is 0.872 e. The van der Waals surface area contributed by atoms with Crippen molar-refractivity contribution in [1.29, 1.82) is 0 Å². The van der Waals surface area contributed by atoms with E-state index < -0.39 is 58.0 Å². The Bertz CT molecular complexity index is 1640. The summed E-state index contributed by atoms with van der Waals surface area (Å²) in [5.74, 6) is -2.25. The van der Waals surface area contributed by atoms with Crippen LogP contribution in [-0.4, -0.2) is 25.9 Å². The van der Waals surface area contributed by atoms with Gasteiger partial charge in [-0.15, -0.1) is 16.0 Å². The first-order valence-electron chi connectivity index (χ1n) is 8.80. The van der Waals surface area contributed by atoms with Gasteiger partial charge in [0.15, 0.2) is 0 Å². The molecule has 0 fully saturated rings. The van der Waals surface area contributed by atoms with Crippen LogP contribution in [0.15, 0.2) is 80.7 Å². The highest BCUT2D eigenvalue weighted by molar-refractivity contribution is 7.86. The molecule has 0 aliphatic carbocycles. The maximum atomic E-state index is 12.9. The highest BCUT2D eigenvalue weighted by Gasteiger charge is 2.20. The normalized spacial score (nSPS) is 12.7. The minimum atomic E-state index is -5.02. The summed E-state index contributed by atoms with van der Waals surface area (Å²) in [7, 11) is -9.83. The average Bonchev–Trinajstić information content (AvgIpc) is 2.71. The lowest BCUT2D eigenvalue weighted by Gasteiger charge is -2.22. The fraction of sp³-hybridized carbons (Fsp3) is 0. The number of hydrogen-bond acceptors (Lipinski definition) is 8. The molecule has 0 saturated carbocycles. The average molecular weight is 472 g/mol. The molecule has 0 radical (unpaired) electrons. The van der Waals surface area contributed by atoms with E-state index in [9.17, 15) is 36.2 Å². The van der Waals surface area contributed by atoms with E-state index in [0.29, 0.717) is 17.1 Å². The second kappa shape index (κ2) is 7.53. The van der Waals surface area contributed by atoms with Crippen molar-refractivity contribution >= 4 is 53.2 Å². The summed E-state index contributed by atoms with van der Waals surface area (Å²) >= 11 is 0. The third-order valence-corrected chi connectivity index (χ3v) is 6.37. The Morgan fingerprint density at radius 2 is 1.44 bits per heavy atom. The molecule has 0 amide bonds. The van der Waals surface area contributed by atoms with E-state index in [0.717, 1.165) is 17.5 Å². The van der Waals surface area contributed by atoms with Crippen molar-refractivity contribution in [3.8, 4) is 11.5 Å². The van der Waals surface area contributed by atoms with Gasteiger partial charge < -0.3 is 10.2 Å². The molecule has 0 aliphatic rings. The van der Waals surface area contributed by atoms with Crippen molar-refractivity contribution in [2.24, 2.45) is 10.2 Å². The third kappa shape index (κ3) is 3.87. The minimum Gasteiger partial charge on any atom is -0.872 e. The molecule has 0 spiro atoms. The van der Waals surface area contributed by atoms with Crippen molar-refractivity contribution in [2.45, 2.75) is 9.79 Å². The van der Waals surface area contributed by atoms with Gasteiger partial charge in [-0.2, -0.15) is 16.8 Å². The van der Waals surface area contributed by atoms with Gasteiger partial charge in [0.1, 0.15) is 4.90 Å². The molecule has 4 aromatic carbocycles. The summed E-state index contributed by atoms with van der Waals surface area (Å²) < 4.78 is 65.3. The van der Waals surface area contributed by atoms with Gasteiger partial charge in [0.05, 0.1) is 16.3 Å². The van der Waals surface area contributed by atoms with Crippen LogP contribution in [0.5, 0.6) is 11.5 Å².